The molecule has 0 heterocycles. The number of nitrogens with one attached hydrogen (secondary N) is 2. The van der Waals surface area contributed by atoms with E-state index in [1.165, 1.54) is 25.7 Å². The average Bonchev–Trinajstić information content (AvgIpc) is 2.32. The van der Waals surface area contributed by atoms with Crippen molar-refractivity contribution in [2.75, 3.05) is 13.1 Å². The molecule has 0 fully saturated rings. The number of amides is 1. The normalized spacial score (nSPS) is 12.1. The summed E-state index contributed by atoms with van der Waals surface area (Å²) in [4.78, 5) is 10.9. The summed E-state index contributed by atoms with van der Waals surface area (Å²) in [6.07, 6.45) is 5.89. The van der Waals surface area contributed by atoms with Crippen molar-refractivity contribution in [2.45, 2.75) is 73.6 Å². The molecule has 0 aliphatic heterocycles. The predicted octanol–water partition coefficient (Wildman–Crippen LogP) is 4.25. The Labute approximate surface area is 132 Å². The number of hydrogen-bond acceptors (Lipinski definition) is 2. The molecule has 0 aromatic carbocycles. The standard InChI is InChI=1S/C18H36N2O/c1-15(2)19-13-8-9-17(4,5)10-11-18(6,7)12-14-20-16(3)21/h19H,1,8-14H2,2-7H3,(H,20,21). The van der Waals surface area contributed by atoms with Gasteiger partial charge in [0.05, 0.1) is 0 Å². The Balaban J connectivity index is 3.97. The van der Waals surface area contributed by atoms with E-state index in [9.17, 15) is 4.79 Å². The largest absolute Gasteiger partial charge is 0.389 e. The third-order valence-electron chi connectivity index (χ3n) is 4.11. The molecule has 3 heteroatoms. The highest BCUT2D eigenvalue weighted by atomic mass is 16.1. The second kappa shape index (κ2) is 9.11. The second-order valence-corrected chi connectivity index (χ2v) is 7.87. The summed E-state index contributed by atoms with van der Waals surface area (Å²) in [5.74, 6) is 0.0659. The van der Waals surface area contributed by atoms with Gasteiger partial charge in [-0.2, -0.15) is 0 Å². The smallest absolute Gasteiger partial charge is 0.216 e. The summed E-state index contributed by atoms with van der Waals surface area (Å²) < 4.78 is 0. The molecule has 0 bridgehead atoms. The monoisotopic (exact) mass is 296 g/mol. The molecule has 0 aromatic rings. The fourth-order valence-corrected chi connectivity index (χ4v) is 2.37. The number of hydrogen-bond donors (Lipinski definition) is 2. The first-order chi connectivity index (χ1) is 9.54. The van der Waals surface area contributed by atoms with Gasteiger partial charge in [-0.3, -0.25) is 4.79 Å². The fraction of sp³-hybridized carbons (Fsp3) is 0.833. The Hall–Kier alpha value is -0.990. The highest BCUT2D eigenvalue weighted by molar-refractivity contribution is 5.72. The van der Waals surface area contributed by atoms with Crippen LogP contribution in [-0.4, -0.2) is 19.0 Å². The molecule has 0 spiro atoms. The van der Waals surface area contributed by atoms with E-state index in [-0.39, 0.29) is 11.3 Å². The van der Waals surface area contributed by atoms with Gasteiger partial charge in [-0.05, 0) is 49.9 Å². The molecule has 0 atom stereocenters. The summed E-state index contributed by atoms with van der Waals surface area (Å²) in [6, 6.07) is 0. The van der Waals surface area contributed by atoms with Crippen LogP contribution >= 0.6 is 0 Å². The summed E-state index contributed by atoms with van der Waals surface area (Å²) in [5, 5.41) is 6.19. The van der Waals surface area contributed by atoms with E-state index in [1.54, 1.807) is 6.92 Å². The Morgan fingerprint density at radius 1 is 0.857 bits per heavy atom. The molecule has 0 saturated heterocycles. The molecule has 0 radical (unpaired) electrons. The van der Waals surface area contributed by atoms with Crippen molar-refractivity contribution < 1.29 is 4.79 Å². The van der Waals surface area contributed by atoms with Crippen LogP contribution in [0, 0.1) is 10.8 Å². The lowest BCUT2D eigenvalue weighted by molar-refractivity contribution is -0.119. The van der Waals surface area contributed by atoms with Crippen molar-refractivity contribution in [3.8, 4) is 0 Å². The van der Waals surface area contributed by atoms with Crippen LogP contribution in [-0.2, 0) is 4.79 Å². The van der Waals surface area contributed by atoms with Gasteiger partial charge >= 0.3 is 0 Å². The zero-order chi connectivity index (χ0) is 16.5. The van der Waals surface area contributed by atoms with Crippen molar-refractivity contribution in [1.29, 1.82) is 0 Å². The Kier molecular flexibility index (Phi) is 8.68. The van der Waals surface area contributed by atoms with E-state index in [0.29, 0.717) is 5.41 Å². The molecule has 0 unspecified atom stereocenters. The molecular weight excluding hydrogens is 260 g/mol. The van der Waals surface area contributed by atoms with Gasteiger partial charge in [0.25, 0.3) is 0 Å². The molecule has 1 amide bonds. The lowest BCUT2D eigenvalue weighted by Crippen LogP contribution is -2.27. The van der Waals surface area contributed by atoms with Gasteiger partial charge in [0.2, 0.25) is 5.91 Å². The van der Waals surface area contributed by atoms with Gasteiger partial charge in [-0.15, -0.1) is 0 Å². The minimum Gasteiger partial charge on any atom is -0.389 e. The second-order valence-electron chi connectivity index (χ2n) is 7.87. The van der Waals surface area contributed by atoms with Crippen LogP contribution in [0.4, 0.5) is 0 Å². The Bertz CT molecular complexity index is 332. The number of carbonyl (C=O) groups excluding carboxylic acids is 1. The van der Waals surface area contributed by atoms with E-state index in [2.05, 4.69) is 44.9 Å². The van der Waals surface area contributed by atoms with E-state index in [0.717, 1.165) is 25.2 Å². The average molecular weight is 296 g/mol. The zero-order valence-corrected chi connectivity index (χ0v) is 15.1. The first-order valence-electron chi connectivity index (χ1n) is 8.18. The summed E-state index contributed by atoms with van der Waals surface area (Å²) in [7, 11) is 0. The zero-order valence-electron chi connectivity index (χ0n) is 15.1. The van der Waals surface area contributed by atoms with Crippen molar-refractivity contribution in [3.63, 3.8) is 0 Å². The van der Waals surface area contributed by atoms with Crippen molar-refractivity contribution in [3.05, 3.63) is 12.3 Å². The molecule has 0 rings (SSSR count). The lowest BCUT2D eigenvalue weighted by Gasteiger charge is -2.31. The van der Waals surface area contributed by atoms with Crippen molar-refractivity contribution >= 4 is 5.91 Å². The van der Waals surface area contributed by atoms with Crippen LogP contribution in [0.1, 0.15) is 73.6 Å². The van der Waals surface area contributed by atoms with Crippen LogP contribution in [0.2, 0.25) is 0 Å². The maximum absolute atomic E-state index is 10.9. The predicted molar refractivity (Wildman–Crippen MR) is 92.1 cm³/mol. The third-order valence-corrected chi connectivity index (χ3v) is 4.11. The van der Waals surface area contributed by atoms with Gasteiger partial charge in [0, 0.05) is 25.7 Å². The molecule has 3 nitrogen and oxygen atoms in total. The van der Waals surface area contributed by atoms with Gasteiger partial charge in [-0.25, -0.2) is 0 Å². The highest BCUT2D eigenvalue weighted by Crippen LogP contribution is 2.35. The molecule has 124 valence electrons. The molecular formula is C18H36N2O. The quantitative estimate of drug-likeness (QED) is 0.560. The van der Waals surface area contributed by atoms with Gasteiger partial charge < -0.3 is 10.6 Å². The summed E-state index contributed by atoms with van der Waals surface area (Å²) >= 11 is 0. The lowest BCUT2D eigenvalue weighted by atomic mass is 9.75. The van der Waals surface area contributed by atoms with Gasteiger partial charge in [0.1, 0.15) is 0 Å². The van der Waals surface area contributed by atoms with E-state index < -0.39 is 0 Å². The number of carbonyl (C=O) groups is 1. The Morgan fingerprint density at radius 3 is 1.86 bits per heavy atom. The first kappa shape index (κ1) is 20.0. The molecule has 0 saturated carbocycles. The van der Waals surface area contributed by atoms with E-state index >= 15 is 0 Å². The van der Waals surface area contributed by atoms with Gasteiger partial charge in [0.15, 0.2) is 0 Å². The van der Waals surface area contributed by atoms with Crippen molar-refractivity contribution in [1.82, 2.24) is 10.6 Å². The topological polar surface area (TPSA) is 41.1 Å². The fourth-order valence-electron chi connectivity index (χ4n) is 2.37. The molecule has 0 aliphatic rings. The van der Waals surface area contributed by atoms with Crippen LogP contribution < -0.4 is 10.6 Å². The molecule has 0 aliphatic carbocycles. The Morgan fingerprint density at radius 2 is 1.38 bits per heavy atom. The van der Waals surface area contributed by atoms with Crippen molar-refractivity contribution in [2.24, 2.45) is 10.8 Å². The van der Waals surface area contributed by atoms with Crippen LogP contribution in [0.3, 0.4) is 0 Å². The highest BCUT2D eigenvalue weighted by Gasteiger charge is 2.24. The maximum Gasteiger partial charge on any atom is 0.216 e. The maximum atomic E-state index is 10.9. The number of rotatable bonds is 11. The number of allylic oxidation sites excluding steroid dienone is 1. The molecule has 0 aromatic heterocycles. The third kappa shape index (κ3) is 12.5. The SMILES string of the molecule is C=C(C)NCCCC(C)(C)CCC(C)(C)CCNC(C)=O. The molecule has 21 heavy (non-hydrogen) atoms. The minimum absolute atomic E-state index is 0.0659. The van der Waals surface area contributed by atoms with Gasteiger partial charge in [-0.1, -0.05) is 34.3 Å². The van der Waals surface area contributed by atoms with Crippen LogP contribution in [0.25, 0.3) is 0 Å². The van der Waals surface area contributed by atoms with E-state index in [4.69, 9.17) is 0 Å². The summed E-state index contributed by atoms with van der Waals surface area (Å²) in [6.45, 7) is 18.6. The van der Waals surface area contributed by atoms with E-state index in [1.807, 2.05) is 6.92 Å². The molecule has 2 N–H and O–H groups in total. The van der Waals surface area contributed by atoms with Crippen LogP contribution in [0.5, 0.6) is 0 Å². The summed E-state index contributed by atoms with van der Waals surface area (Å²) in [5.41, 5.74) is 1.71. The minimum atomic E-state index is 0.0659. The first-order valence-corrected chi connectivity index (χ1v) is 8.18. The van der Waals surface area contributed by atoms with Crippen LogP contribution in [0.15, 0.2) is 12.3 Å².